The molecule has 0 saturated carbocycles. The number of aromatic nitrogens is 1. The summed E-state index contributed by atoms with van der Waals surface area (Å²) < 4.78 is 2.14. The summed E-state index contributed by atoms with van der Waals surface area (Å²) in [6.07, 6.45) is 0. The van der Waals surface area contributed by atoms with Crippen LogP contribution in [0, 0.1) is 6.07 Å². The van der Waals surface area contributed by atoms with Crippen LogP contribution in [0.2, 0.25) is 5.02 Å². The van der Waals surface area contributed by atoms with Gasteiger partial charge in [0, 0.05) is 22.9 Å². The third kappa shape index (κ3) is 3.04. The molecule has 0 spiro atoms. The van der Waals surface area contributed by atoms with Gasteiger partial charge in [0.2, 0.25) is 5.91 Å². The molecule has 4 aromatic carbocycles. The lowest BCUT2D eigenvalue weighted by atomic mass is 10.0. The molecule has 1 radical (unpaired) electrons. The van der Waals surface area contributed by atoms with Crippen molar-refractivity contribution in [1.82, 2.24) is 4.57 Å². The van der Waals surface area contributed by atoms with Crippen LogP contribution >= 0.6 is 11.6 Å². The molecule has 1 aromatic heterocycles. The Bertz CT molecular complexity index is 1400. The Hall–Kier alpha value is -3.56. The van der Waals surface area contributed by atoms with E-state index in [2.05, 4.69) is 47.0 Å². The van der Waals surface area contributed by atoms with E-state index < -0.39 is 5.91 Å². The number of nitrogens with zero attached hydrogens (tertiary/aromatic N) is 1. The molecule has 0 aliphatic rings. The van der Waals surface area contributed by atoms with E-state index in [4.69, 9.17) is 17.3 Å². The molecule has 0 fully saturated rings. The molecule has 1 heterocycles. The lowest BCUT2D eigenvalue weighted by Crippen LogP contribution is -2.11. The molecule has 2 N–H and O–H groups in total. The zero-order valence-electron chi connectivity index (χ0n) is 16.1. The van der Waals surface area contributed by atoms with Crippen LogP contribution in [0.25, 0.3) is 32.9 Å². The van der Waals surface area contributed by atoms with Gasteiger partial charge in [0.1, 0.15) is 0 Å². The number of fused-ring (bicyclic) bond motifs is 3. The van der Waals surface area contributed by atoms with Crippen LogP contribution in [-0.2, 0) is 6.54 Å². The molecule has 0 aliphatic carbocycles. The van der Waals surface area contributed by atoms with Crippen molar-refractivity contribution >= 4 is 39.3 Å². The number of carbonyl (C=O) groups is 1. The van der Waals surface area contributed by atoms with Crippen LogP contribution < -0.4 is 5.73 Å². The highest BCUT2D eigenvalue weighted by Crippen LogP contribution is 2.36. The van der Waals surface area contributed by atoms with Crippen LogP contribution in [0.15, 0.2) is 84.9 Å². The zero-order chi connectivity index (χ0) is 20.7. The van der Waals surface area contributed by atoms with Crippen molar-refractivity contribution in [1.29, 1.82) is 0 Å². The highest BCUT2D eigenvalue weighted by atomic mass is 35.5. The summed E-state index contributed by atoms with van der Waals surface area (Å²) in [6.45, 7) is 0.612. The van der Waals surface area contributed by atoms with Gasteiger partial charge in [-0.05, 0) is 47.0 Å². The quantitative estimate of drug-likeness (QED) is 0.385. The molecule has 1 amide bonds. The van der Waals surface area contributed by atoms with Gasteiger partial charge in [0.15, 0.2) is 0 Å². The maximum Gasteiger partial charge on any atom is 0.249 e. The molecule has 4 heteroatoms. The summed E-state index contributed by atoms with van der Waals surface area (Å²) in [5, 5.41) is 2.22. The molecule has 0 bridgehead atoms. The van der Waals surface area contributed by atoms with E-state index in [1.807, 2.05) is 36.4 Å². The smallest absolute Gasteiger partial charge is 0.249 e. The third-order valence-corrected chi connectivity index (χ3v) is 5.72. The van der Waals surface area contributed by atoms with Gasteiger partial charge in [0.25, 0.3) is 0 Å². The molecule has 0 unspecified atom stereocenters. The fourth-order valence-electron chi connectivity index (χ4n) is 4.10. The molecule has 0 atom stereocenters. The molecule has 5 aromatic rings. The van der Waals surface area contributed by atoms with Crippen molar-refractivity contribution in [2.75, 3.05) is 0 Å². The normalized spacial score (nSPS) is 11.2. The van der Waals surface area contributed by atoms with Gasteiger partial charge in [-0.2, -0.15) is 0 Å². The van der Waals surface area contributed by atoms with Gasteiger partial charge in [-0.25, -0.2) is 0 Å². The zero-order valence-corrected chi connectivity index (χ0v) is 16.9. The number of rotatable bonds is 4. The lowest BCUT2D eigenvalue weighted by molar-refractivity contribution is 0.100. The van der Waals surface area contributed by atoms with Crippen LogP contribution in [-0.4, -0.2) is 10.5 Å². The van der Waals surface area contributed by atoms with Crippen LogP contribution in [0.4, 0.5) is 0 Å². The van der Waals surface area contributed by atoms with Gasteiger partial charge in [-0.15, -0.1) is 0 Å². The number of primary amides is 1. The van der Waals surface area contributed by atoms with Crippen molar-refractivity contribution in [2.45, 2.75) is 6.54 Å². The summed E-state index contributed by atoms with van der Waals surface area (Å²) in [5.41, 5.74) is 11.4. The summed E-state index contributed by atoms with van der Waals surface area (Å²) in [7, 11) is 0. The van der Waals surface area contributed by atoms with Crippen molar-refractivity contribution in [3.8, 4) is 11.1 Å². The summed E-state index contributed by atoms with van der Waals surface area (Å²) >= 11 is 6.60. The standard InChI is InChI=1S/C26H18ClN2O/c27-22-13-5-11-20-24-21(26(28)30)12-6-14-23(24)29(25(20)22)16-17-7-4-10-19(15-17)18-8-2-1-3-9-18/h1-10,12-15H,16H2,(H2,28,30). The van der Waals surface area contributed by atoms with Gasteiger partial charge in [0.05, 0.1) is 16.1 Å². The minimum absolute atomic E-state index is 0.459. The molecular formula is C26H18ClN2O. The molecule has 5 rings (SSSR count). The maximum absolute atomic E-state index is 12.1. The Morgan fingerprint density at radius 1 is 0.933 bits per heavy atom. The van der Waals surface area contributed by atoms with Crippen molar-refractivity contribution in [2.24, 2.45) is 5.73 Å². The Kier molecular flexibility index (Phi) is 4.53. The van der Waals surface area contributed by atoms with Crippen LogP contribution in [0.3, 0.4) is 0 Å². The fraction of sp³-hybridized carbons (Fsp3) is 0.0385. The second kappa shape index (κ2) is 7.36. The first-order valence-electron chi connectivity index (χ1n) is 9.69. The number of halogens is 1. The summed E-state index contributed by atoms with van der Waals surface area (Å²) in [5.74, 6) is -0.459. The topological polar surface area (TPSA) is 48.0 Å². The highest BCUT2D eigenvalue weighted by Gasteiger charge is 2.18. The lowest BCUT2D eigenvalue weighted by Gasteiger charge is -2.11. The van der Waals surface area contributed by atoms with E-state index in [1.54, 1.807) is 12.1 Å². The number of carbonyl (C=O) groups excluding carboxylic acids is 1. The molecular weight excluding hydrogens is 392 g/mol. The summed E-state index contributed by atoms with van der Waals surface area (Å²) in [6, 6.07) is 31.2. The van der Waals surface area contributed by atoms with Crippen molar-refractivity contribution in [3.05, 3.63) is 107 Å². The summed E-state index contributed by atoms with van der Waals surface area (Å²) in [4.78, 5) is 12.1. The Balaban J connectivity index is 1.72. The largest absolute Gasteiger partial charge is 0.366 e. The second-order valence-corrected chi connectivity index (χ2v) is 7.67. The number of hydrogen-bond donors (Lipinski definition) is 1. The minimum atomic E-state index is -0.459. The predicted octanol–water partition coefficient (Wildman–Crippen LogP) is 6.06. The number of nitrogens with two attached hydrogens (primary N) is 1. The first-order valence-corrected chi connectivity index (χ1v) is 10.1. The van der Waals surface area contributed by atoms with Crippen molar-refractivity contribution in [3.63, 3.8) is 0 Å². The number of benzene rings is 4. The van der Waals surface area contributed by atoms with Gasteiger partial charge < -0.3 is 10.3 Å². The molecule has 0 aliphatic heterocycles. The van der Waals surface area contributed by atoms with Crippen LogP contribution in [0.5, 0.6) is 0 Å². The van der Waals surface area contributed by atoms with Crippen LogP contribution in [0.1, 0.15) is 15.9 Å². The monoisotopic (exact) mass is 409 g/mol. The minimum Gasteiger partial charge on any atom is -0.366 e. The van der Waals surface area contributed by atoms with E-state index in [9.17, 15) is 4.79 Å². The van der Waals surface area contributed by atoms with E-state index >= 15 is 0 Å². The maximum atomic E-state index is 12.1. The van der Waals surface area contributed by atoms with Gasteiger partial charge in [-0.1, -0.05) is 72.3 Å². The van der Waals surface area contributed by atoms with E-state index in [-0.39, 0.29) is 0 Å². The Morgan fingerprint density at radius 3 is 2.50 bits per heavy atom. The van der Waals surface area contributed by atoms with Gasteiger partial charge >= 0.3 is 0 Å². The fourth-order valence-corrected chi connectivity index (χ4v) is 4.36. The van der Waals surface area contributed by atoms with Crippen molar-refractivity contribution < 1.29 is 4.79 Å². The molecule has 0 saturated heterocycles. The predicted molar refractivity (Wildman–Crippen MR) is 123 cm³/mol. The number of hydrogen-bond acceptors (Lipinski definition) is 1. The molecule has 30 heavy (non-hydrogen) atoms. The van der Waals surface area contributed by atoms with E-state index in [0.29, 0.717) is 17.1 Å². The highest BCUT2D eigenvalue weighted by molar-refractivity contribution is 6.36. The first-order chi connectivity index (χ1) is 14.6. The first kappa shape index (κ1) is 18.5. The SMILES string of the molecule is NC(=O)c1cccc2c1c1[c]ccc(Cl)c1n2Cc1cccc(-c2ccccc2)c1. The van der Waals surface area contributed by atoms with E-state index in [1.165, 1.54) is 5.56 Å². The molecule has 3 nitrogen and oxygen atoms in total. The average molecular weight is 410 g/mol. The van der Waals surface area contributed by atoms with Gasteiger partial charge in [-0.3, -0.25) is 4.79 Å². The Labute approximate surface area is 179 Å². The average Bonchev–Trinajstić information content (AvgIpc) is 3.09. The van der Waals surface area contributed by atoms with E-state index in [0.717, 1.165) is 32.9 Å². The third-order valence-electron chi connectivity index (χ3n) is 5.41. The second-order valence-electron chi connectivity index (χ2n) is 7.27. The number of amides is 1. The molecule has 145 valence electrons. The Morgan fingerprint density at radius 2 is 1.70 bits per heavy atom.